The number of amides is 2. The Balaban J connectivity index is 1.45. The van der Waals surface area contributed by atoms with E-state index in [2.05, 4.69) is 0 Å². The molecule has 2 amide bonds. The lowest BCUT2D eigenvalue weighted by Gasteiger charge is -2.33. The number of rotatable bonds is 5. The molecule has 0 aliphatic carbocycles. The number of carbonyl (C=O) groups excluding carboxylic acids is 2. The molecule has 7 heteroatoms. The number of ether oxygens (including phenoxy) is 2. The fraction of sp³-hybridized carbons (Fsp3) is 0.579. The van der Waals surface area contributed by atoms with Crippen LogP contribution in [0.15, 0.2) is 18.2 Å². The van der Waals surface area contributed by atoms with Crippen molar-refractivity contribution in [1.82, 2.24) is 9.80 Å². The van der Waals surface area contributed by atoms with E-state index in [1.807, 2.05) is 4.90 Å². The molecule has 1 aromatic rings. The van der Waals surface area contributed by atoms with Crippen LogP contribution < -0.4 is 9.47 Å². The van der Waals surface area contributed by atoms with Crippen molar-refractivity contribution in [2.75, 3.05) is 39.9 Å². The Labute approximate surface area is 152 Å². The van der Waals surface area contributed by atoms with Crippen LogP contribution >= 0.6 is 0 Å². The highest BCUT2D eigenvalue weighted by Gasteiger charge is 2.31. The van der Waals surface area contributed by atoms with E-state index in [0.29, 0.717) is 25.9 Å². The summed E-state index contributed by atoms with van der Waals surface area (Å²) < 4.78 is 23.9. The van der Waals surface area contributed by atoms with Gasteiger partial charge in [-0.3, -0.25) is 9.59 Å². The monoisotopic (exact) mass is 364 g/mol. The van der Waals surface area contributed by atoms with E-state index in [4.69, 9.17) is 9.47 Å². The van der Waals surface area contributed by atoms with Crippen LogP contribution in [-0.2, 0) is 9.59 Å². The first-order valence-corrected chi connectivity index (χ1v) is 9.11. The average molecular weight is 364 g/mol. The third kappa shape index (κ3) is 4.26. The molecule has 0 spiro atoms. The smallest absolute Gasteiger partial charge is 0.260 e. The molecule has 142 valence electrons. The molecule has 2 aliphatic rings. The van der Waals surface area contributed by atoms with E-state index in [1.165, 1.54) is 19.2 Å². The molecule has 0 aromatic heterocycles. The minimum Gasteiger partial charge on any atom is -0.494 e. The second-order valence-corrected chi connectivity index (χ2v) is 6.77. The molecule has 6 nitrogen and oxygen atoms in total. The Bertz CT molecular complexity index is 653. The van der Waals surface area contributed by atoms with E-state index in [1.54, 1.807) is 11.0 Å². The maximum atomic E-state index is 13.6. The summed E-state index contributed by atoms with van der Waals surface area (Å²) in [4.78, 5) is 28.4. The zero-order valence-corrected chi connectivity index (χ0v) is 15.1. The first kappa shape index (κ1) is 18.5. The highest BCUT2D eigenvalue weighted by molar-refractivity contribution is 5.81. The van der Waals surface area contributed by atoms with Crippen molar-refractivity contribution in [2.45, 2.75) is 25.7 Å². The first-order chi connectivity index (χ1) is 12.6. The minimum atomic E-state index is -0.529. The summed E-state index contributed by atoms with van der Waals surface area (Å²) in [5, 5.41) is 0. The van der Waals surface area contributed by atoms with Crippen LogP contribution in [0.1, 0.15) is 25.7 Å². The van der Waals surface area contributed by atoms with Gasteiger partial charge >= 0.3 is 0 Å². The van der Waals surface area contributed by atoms with Crippen molar-refractivity contribution in [3.05, 3.63) is 24.0 Å². The SMILES string of the molecule is COc1ccc(OCC(=O)N2CCC(C(=O)N3CCCC3)CC2)cc1F. The summed E-state index contributed by atoms with van der Waals surface area (Å²) in [6, 6.07) is 4.23. The Morgan fingerprint density at radius 1 is 1.12 bits per heavy atom. The van der Waals surface area contributed by atoms with Crippen LogP contribution in [0, 0.1) is 11.7 Å². The van der Waals surface area contributed by atoms with Crippen LogP contribution in [0.4, 0.5) is 4.39 Å². The van der Waals surface area contributed by atoms with Crippen molar-refractivity contribution >= 4 is 11.8 Å². The van der Waals surface area contributed by atoms with Crippen LogP contribution in [0.3, 0.4) is 0 Å². The largest absolute Gasteiger partial charge is 0.494 e. The van der Waals surface area contributed by atoms with E-state index in [0.717, 1.165) is 25.9 Å². The fourth-order valence-corrected chi connectivity index (χ4v) is 3.54. The maximum Gasteiger partial charge on any atom is 0.260 e. The topological polar surface area (TPSA) is 59.1 Å². The normalized spacial score (nSPS) is 18.1. The third-order valence-corrected chi connectivity index (χ3v) is 5.10. The average Bonchev–Trinajstić information content (AvgIpc) is 3.20. The van der Waals surface area contributed by atoms with Crippen LogP contribution in [0.25, 0.3) is 0 Å². The Morgan fingerprint density at radius 2 is 1.81 bits per heavy atom. The number of hydrogen-bond acceptors (Lipinski definition) is 4. The zero-order chi connectivity index (χ0) is 18.5. The molecule has 0 N–H and O–H groups in total. The van der Waals surface area contributed by atoms with Gasteiger partial charge in [-0.2, -0.15) is 0 Å². The van der Waals surface area contributed by atoms with Gasteiger partial charge < -0.3 is 19.3 Å². The lowest BCUT2D eigenvalue weighted by Crippen LogP contribution is -2.45. The molecular formula is C19H25FN2O4. The van der Waals surface area contributed by atoms with Crippen molar-refractivity contribution in [3.63, 3.8) is 0 Å². The van der Waals surface area contributed by atoms with E-state index in [-0.39, 0.29) is 35.8 Å². The molecule has 0 radical (unpaired) electrons. The van der Waals surface area contributed by atoms with Crippen LogP contribution in [-0.4, -0.2) is 61.5 Å². The summed E-state index contributed by atoms with van der Waals surface area (Å²) in [6.45, 7) is 2.71. The van der Waals surface area contributed by atoms with Crippen molar-refractivity contribution in [2.24, 2.45) is 5.92 Å². The summed E-state index contributed by atoms with van der Waals surface area (Å²) in [6.07, 6.45) is 3.56. The number of nitrogens with zero attached hydrogens (tertiary/aromatic N) is 2. The number of hydrogen-bond donors (Lipinski definition) is 0. The van der Waals surface area contributed by atoms with Crippen molar-refractivity contribution in [3.8, 4) is 11.5 Å². The maximum absolute atomic E-state index is 13.6. The van der Waals surface area contributed by atoms with Gasteiger partial charge in [0, 0.05) is 38.2 Å². The third-order valence-electron chi connectivity index (χ3n) is 5.10. The van der Waals surface area contributed by atoms with Gasteiger partial charge in [0.1, 0.15) is 5.75 Å². The van der Waals surface area contributed by atoms with Gasteiger partial charge in [0.05, 0.1) is 7.11 Å². The second kappa shape index (κ2) is 8.38. The number of benzene rings is 1. The number of carbonyl (C=O) groups is 2. The lowest BCUT2D eigenvalue weighted by molar-refractivity contribution is -0.140. The lowest BCUT2D eigenvalue weighted by atomic mass is 9.95. The Kier molecular flexibility index (Phi) is 5.96. The number of halogens is 1. The molecule has 2 saturated heterocycles. The number of piperidine rings is 1. The number of methoxy groups -OCH3 is 1. The highest BCUT2D eigenvalue weighted by atomic mass is 19.1. The standard InChI is InChI=1S/C19H25FN2O4/c1-25-17-5-4-15(12-16(17)20)26-13-18(23)21-10-6-14(7-11-21)19(24)22-8-2-3-9-22/h4-5,12,14H,2-3,6-11,13H2,1H3. The summed E-state index contributed by atoms with van der Waals surface area (Å²) in [5.74, 6) is 0.00413. The molecule has 2 fully saturated rings. The Morgan fingerprint density at radius 3 is 2.42 bits per heavy atom. The number of likely N-dealkylation sites (tertiary alicyclic amines) is 2. The van der Waals surface area contributed by atoms with Crippen molar-refractivity contribution in [1.29, 1.82) is 0 Å². The minimum absolute atomic E-state index is 0.0220. The molecule has 0 unspecified atom stereocenters. The molecule has 2 heterocycles. The predicted molar refractivity (Wildman–Crippen MR) is 93.6 cm³/mol. The molecule has 2 aliphatic heterocycles. The van der Waals surface area contributed by atoms with Gasteiger partial charge in [0.15, 0.2) is 18.2 Å². The summed E-state index contributed by atoms with van der Waals surface area (Å²) in [5.41, 5.74) is 0. The molecule has 0 saturated carbocycles. The van der Waals surface area contributed by atoms with Gasteiger partial charge in [-0.05, 0) is 37.8 Å². The van der Waals surface area contributed by atoms with E-state index in [9.17, 15) is 14.0 Å². The van der Waals surface area contributed by atoms with Gasteiger partial charge in [0.2, 0.25) is 5.91 Å². The highest BCUT2D eigenvalue weighted by Crippen LogP contribution is 2.24. The molecule has 0 atom stereocenters. The quantitative estimate of drug-likeness (QED) is 0.803. The van der Waals surface area contributed by atoms with E-state index < -0.39 is 5.82 Å². The molecular weight excluding hydrogens is 339 g/mol. The molecule has 26 heavy (non-hydrogen) atoms. The van der Waals surface area contributed by atoms with Gasteiger partial charge in [-0.25, -0.2) is 4.39 Å². The summed E-state index contributed by atoms with van der Waals surface area (Å²) in [7, 11) is 1.39. The van der Waals surface area contributed by atoms with Crippen LogP contribution in [0.5, 0.6) is 11.5 Å². The predicted octanol–water partition coefficient (Wildman–Crippen LogP) is 2.07. The molecule has 3 rings (SSSR count). The van der Waals surface area contributed by atoms with Gasteiger partial charge in [-0.15, -0.1) is 0 Å². The van der Waals surface area contributed by atoms with Gasteiger partial charge in [0.25, 0.3) is 5.91 Å². The summed E-state index contributed by atoms with van der Waals surface area (Å²) >= 11 is 0. The Hall–Kier alpha value is -2.31. The fourth-order valence-electron chi connectivity index (χ4n) is 3.54. The van der Waals surface area contributed by atoms with Crippen molar-refractivity contribution < 1.29 is 23.5 Å². The van der Waals surface area contributed by atoms with Crippen LogP contribution in [0.2, 0.25) is 0 Å². The first-order valence-electron chi connectivity index (χ1n) is 9.11. The zero-order valence-electron chi connectivity index (χ0n) is 15.1. The van der Waals surface area contributed by atoms with E-state index >= 15 is 0 Å². The second-order valence-electron chi connectivity index (χ2n) is 6.77. The molecule has 1 aromatic carbocycles. The van der Waals surface area contributed by atoms with Gasteiger partial charge in [-0.1, -0.05) is 0 Å². The molecule has 0 bridgehead atoms.